The van der Waals surface area contributed by atoms with Crippen LogP contribution in [-0.2, 0) is 16.1 Å². The van der Waals surface area contributed by atoms with Gasteiger partial charge in [0.2, 0.25) is 5.89 Å². The minimum Gasteiger partial charge on any atom is -0.340 e. The normalized spacial score (nSPS) is 16.3. The SMILES string of the molecule is Cc1nc(CN2C(=O)C(=O)N([C@H](C)c3ccccc3)C2=O)no1. The number of imide groups is 2. The predicted molar refractivity (Wildman–Crippen MR) is 76.7 cm³/mol. The van der Waals surface area contributed by atoms with Gasteiger partial charge in [0.25, 0.3) is 0 Å². The number of carbonyl (C=O) groups is 3. The molecule has 2 aromatic rings. The van der Waals surface area contributed by atoms with Gasteiger partial charge in [-0.2, -0.15) is 4.98 Å². The lowest BCUT2D eigenvalue weighted by molar-refractivity contribution is -0.144. The first-order valence-electron chi connectivity index (χ1n) is 7.02. The first kappa shape index (κ1) is 14.9. The van der Waals surface area contributed by atoms with Gasteiger partial charge in [0.05, 0.1) is 12.6 Å². The van der Waals surface area contributed by atoms with E-state index in [0.717, 1.165) is 15.4 Å². The Balaban J connectivity index is 1.85. The highest BCUT2D eigenvalue weighted by Crippen LogP contribution is 2.26. The second-order valence-corrected chi connectivity index (χ2v) is 5.17. The monoisotopic (exact) mass is 314 g/mol. The van der Waals surface area contributed by atoms with Gasteiger partial charge in [0.15, 0.2) is 5.82 Å². The lowest BCUT2D eigenvalue weighted by Gasteiger charge is -2.22. The molecule has 1 aromatic carbocycles. The van der Waals surface area contributed by atoms with E-state index < -0.39 is 23.9 Å². The van der Waals surface area contributed by atoms with Crippen molar-refractivity contribution in [2.24, 2.45) is 0 Å². The molecule has 118 valence electrons. The Morgan fingerprint density at radius 1 is 1.13 bits per heavy atom. The third-order valence-electron chi connectivity index (χ3n) is 3.62. The molecule has 0 aliphatic carbocycles. The number of urea groups is 1. The smallest absolute Gasteiger partial charge is 0.335 e. The number of aromatic nitrogens is 2. The highest BCUT2D eigenvalue weighted by molar-refractivity contribution is 6.44. The van der Waals surface area contributed by atoms with Gasteiger partial charge in [-0.1, -0.05) is 35.5 Å². The third-order valence-corrected chi connectivity index (χ3v) is 3.62. The summed E-state index contributed by atoms with van der Waals surface area (Å²) in [6.45, 7) is 3.10. The van der Waals surface area contributed by atoms with Crippen molar-refractivity contribution in [2.45, 2.75) is 26.4 Å². The first-order chi connectivity index (χ1) is 11.0. The minimum atomic E-state index is -0.889. The molecule has 3 rings (SSSR count). The molecule has 4 amide bonds. The quantitative estimate of drug-likeness (QED) is 0.625. The van der Waals surface area contributed by atoms with Gasteiger partial charge in [-0.3, -0.25) is 9.59 Å². The van der Waals surface area contributed by atoms with Crippen LogP contribution in [0.15, 0.2) is 34.9 Å². The zero-order valence-corrected chi connectivity index (χ0v) is 12.6. The van der Waals surface area contributed by atoms with Crippen LogP contribution >= 0.6 is 0 Å². The van der Waals surface area contributed by atoms with Crippen LogP contribution in [0, 0.1) is 6.92 Å². The van der Waals surface area contributed by atoms with E-state index >= 15 is 0 Å². The van der Waals surface area contributed by atoms with Crippen LogP contribution in [0.1, 0.15) is 30.2 Å². The van der Waals surface area contributed by atoms with E-state index in [1.54, 1.807) is 38.1 Å². The van der Waals surface area contributed by atoms with Crippen molar-refractivity contribution in [3.05, 3.63) is 47.6 Å². The Morgan fingerprint density at radius 2 is 1.83 bits per heavy atom. The standard InChI is InChI=1S/C15H14N4O4/c1-9(11-6-4-3-5-7-11)19-14(21)13(20)18(15(19)22)8-12-16-10(2)23-17-12/h3-7,9H,8H2,1-2H3/t9-/m1/s1. The van der Waals surface area contributed by atoms with E-state index in [1.165, 1.54) is 0 Å². The predicted octanol–water partition coefficient (Wildman–Crippen LogP) is 1.43. The molecule has 0 N–H and O–H groups in total. The average Bonchev–Trinajstić information content (AvgIpc) is 3.05. The third kappa shape index (κ3) is 2.59. The van der Waals surface area contributed by atoms with E-state index in [-0.39, 0.29) is 12.4 Å². The highest BCUT2D eigenvalue weighted by Gasteiger charge is 2.47. The molecule has 0 radical (unpaired) electrons. The van der Waals surface area contributed by atoms with Gasteiger partial charge in [-0.05, 0) is 12.5 Å². The number of aryl methyl sites for hydroxylation is 1. The van der Waals surface area contributed by atoms with Crippen LogP contribution in [0.4, 0.5) is 4.79 Å². The van der Waals surface area contributed by atoms with Crippen molar-refractivity contribution in [3.8, 4) is 0 Å². The van der Waals surface area contributed by atoms with Crippen LogP contribution in [-0.4, -0.2) is 37.8 Å². The summed E-state index contributed by atoms with van der Waals surface area (Å²) in [6.07, 6.45) is 0. The van der Waals surface area contributed by atoms with Crippen molar-refractivity contribution in [1.82, 2.24) is 19.9 Å². The Hall–Kier alpha value is -3.03. The number of hydrogen-bond donors (Lipinski definition) is 0. The second kappa shape index (κ2) is 5.64. The zero-order valence-electron chi connectivity index (χ0n) is 12.6. The van der Waals surface area contributed by atoms with Crippen LogP contribution in [0.3, 0.4) is 0 Å². The molecular formula is C15H14N4O4. The zero-order chi connectivity index (χ0) is 16.6. The topological polar surface area (TPSA) is 96.6 Å². The molecule has 0 spiro atoms. The molecule has 0 saturated carbocycles. The lowest BCUT2D eigenvalue weighted by Crippen LogP contribution is -2.35. The van der Waals surface area contributed by atoms with Crippen LogP contribution in [0.5, 0.6) is 0 Å². The number of nitrogens with zero attached hydrogens (tertiary/aromatic N) is 4. The molecular weight excluding hydrogens is 300 g/mol. The fraction of sp³-hybridized carbons (Fsp3) is 0.267. The van der Waals surface area contributed by atoms with E-state index in [9.17, 15) is 14.4 Å². The Kier molecular flexibility index (Phi) is 3.65. The number of amides is 4. The van der Waals surface area contributed by atoms with Crippen molar-refractivity contribution >= 4 is 17.8 Å². The number of rotatable bonds is 4. The van der Waals surface area contributed by atoms with E-state index in [2.05, 4.69) is 10.1 Å². The molecule has 1 fully saturated rings. The van der Waals surface area contributed by atoms with E-state index in [1.807, 2.05) is 6.07 Å². The number of hydrogen-bond acceptors (Lipinski definition) is 6. The average molecular weight is 314 g/mol. The Morgan fingerprint density at radius 3 is 2.43 bits per heavy atom. The summed E-state index contributed by atoms with van der Waals surface area (Å²) in [6, 6.07) is 7.80. The summed E-state index contributed by atoms with van der Waals surface area (Å²) in [7, 11) is 0. The second-order valence-electron chi connectivity index (χ2n) is 5.17. The maximum Gasteiger partial charge on any atom is 0.335 e. The first-order valence-corrected chi connectivity index (χ1v) is 7.02. The van der Waals surface area contributed by atoms with Gasteiger partial charge < -0.3 is 4.52 Å². The summed E-state index contributed by atoms with van der Waals surface area (Å²) in [4.78, 5) is 42.5. The fourth-order valence-electron chi connectivity index (χ4n) is 2.43. The fourth-order valence-corrected chi connectivity index (χ4v) is 2.43. The van der Waals surface area contributed by atoms with Crippen molar-refractivity contribution < 1.29 is 18.9 Å². The minimum absolute atomic E-state index is 0.172. The van der Waals surface area contributed by atoms with Gasteiger partial charge in [0, 0.05) is 6.92 Å². The van der Waals surface area contributed by atoms with Gasteiger partial charge >= 0.3 is 17.8 Å². The maximum atomic E-state index is 12.5. The Bertz CT molecular complexity index is 771. The van der Waals surface area contributed by atoms with E-state index in [4.69, 9.17) is 4.52 Å². The summed E-state index contributed by atoms with van der Waals surface area (Å²) >= 11 is 0. The molecule has 23 heavy (non-hydrogen) atoms. The van der Waals surface area contributed by atoms with Crippen molar-refractivity contribution in [2.75, 3.05) is 0 Å². The Labute approximate surface area is 131 Å². The molecule has 1 aliphatic heterocycles. The number of benzene rings is 1. The number of carbonyl (C=O) groups excluding carboxylic acids is 3. The van der Waals surface area contributed by atoms with Crippen LogP contribution in [0.25, 0.3) is 0 Å². The molecule has 2 heterocycles. The summed E-state index contributed by atoms with van der Waals surface area (Å²) in [5, 5.41) is 3.64. The van der Waals surface area contributed by atoms with Crippen molar-refractivity contribution in [1.29, 1.82) is 0 Å². The summed E-state index contributed by atoms with van der Waals surface area (Å²) in [5.74, 6) is -1.25. The summed E-state index contributed by atoms with van der Waals surface area (Å²) in [5.41, 5.74) is 0.763. The largest absolute Gasteiger partial charge is 0.340 e. The molecule has 1 saturated heterocycles. The van der Waals surface area contributed by atoms with Gasteiger partial charge in [0.1, 0.15) is 0 Å². The highest BCUT2D eigenvalue weighted by atomic mass is 16.5. The van der Waals surface area contributed by atoms with Gasteiger partial charge in [-0.25, -0.2) is 14.6 Å². The van der Waals surface area contributed by atoms with Crippen molar-refractivity contribution in [3.63, 3.8) is 0 Å². The summed E-state index contributed by atoms with van der Waals surface area (Å²) < 4.78 is 4.81. The molecule has 0 bridgehead atoms. The molecule has 1 atom stereocenters. The molecule has 1 aliphatic rings. The van der Waals surface area contributed by atoms with Crippen LogP contribution in [0.2, 0.25) is 0 Å². The van der Waals surface area contributed by atoms with Crippen LogP contribution < -0.4 is 0 Å². The molecule has 8 heteroatoms. The molecule has 1 aromatic heterocycles. The maximum absolute atomic E-state index is 12.5. The lowest BCUT2D eigenvalue weighted by atomic mass is 10.1. The molecule has 8 nitrogen and oxygen atoms in total. The van der Waals surface area contributed by atoms with Gasteiger partial charge in [-0.15, -0.1) is 0 Å². The van der Waals surface area contributed by atoms with E-state index in [0.29, 0.717) is 5.89 Å². The molecule has 0 unspecified atom stereocenters.